The van der Waals surface area contributed by atoms with E-state index in [0.29, 0.717) is 4.68 Å². The number of hydrogen-bond acceptors (Lipinski definition) is 3. The lowest BCUT2D eigenvalue weighted by atomic mass is 10.4. The van der Waals surface area contributed by atoms with Crippen molar-refractivity contribution in [3.8, 4) is 0 Å². The summed E-state index contributed by atoms with van der Waals surface area (Å²) in [5.41, 5.74) is -0.121. The van der Waals surface area contributed by atoms with E-state index in [1.54, 1.807) is 0 Å². The first kappa shape index (κ1) is 15.7. The van der Waals surface area contributed by atoms with Crippen LogP contribution in [0.2, 0.25) is 0 Å². The van der Waals surface area contributed by atoms with Gasteiger partial charge in [0.25, 0.3) is 5.91 Å². The van der Waals surface area contributed by atoms with Gasteiger partial charge in [0.2, 0.25) is 5.91 Å². The van der Waals surface area contributed by atoms with Crippen molar-refractivity contribution in [3.05, 3.63) is 30.6 Å². The third-order valence-corrected chi connectivity index (χ3v) is 2.11. The molecule has 0 bridgehead atoms. The van der Waals surface area contributed by atoms with Gasteiger partial charge in [-0.1, -0.05) is 6.58 Å². The van der Waals surface area contributed by atoms with Gasteiger partial charge in [0.05, 0.1) is 0 Å². The molecule has 0 aliphatic rings. The monoisotopic (exact) mass is 290 g/mol. The lowest BCUT2D eigenvalue weighted by Gasteiger charge is -2.06. The van der Waals surface area contributed by atoms with Gasteiger partial charge in [-0.25, -0.2) is 0 Å². The van der Waals surface area contributed by atoms with Crippen LogP contribution < -0.4 is 10.6 Å². The van der Waals surface area contributed by atoms with Gasteiger partial charge in [-0.3, -0.25) is 14.3 Å². The van der Waals surface area contributed by atoms with E-state index in [1.165, 1.54) is 6.07 Å². The topological polar surface area (TPSA) is 76.0 Å². The summed E-state index contributed by atoms with van der Waals surface area (Å²) in [6.07, 6.45) is -2.24. The number of aromatic nitrogens is 2. The molecule has 0 radical (unpaired) electrons. The predicted molar refractivity (Wildman–Crippen MR) is 63.8 cm³/mol. The third kappa shape index (κ3) is 5.55. The molecule has 0 unspecified atom stereocenters. The third-order valence-electron chi connectivity index (χ3n) is 2.11. The lowest BCUT2D eigenvalue weighted by molar-refractivity contribution is -0.142. The molecule has 0 saturated heterocycles. The molecular formula is C11H13F3N4O2. The van der Waals surface area contributed by atoms with E-state index < -0.39 is 18.6 Å². The SMILES string of the molecule is C=CC(=O)NCCNC(=O)c1ccn(CC(F)(F)F)n1. The first-order valence-corrected chi connectivity index (χ1v) is 5.60. The van der Waals surface area contributed by atoms with Crippen LogP contribution in [0, 0.1) is 0 Å². The van der Waals surface area contributed by atoms with Gasteiger partial charge in [-0.15, -0.1) is 0 Å². The van der Waals surface area contributed by atoms with Crippen LogP contribution in [0.25, 0.3) is 0 Å². The number of carbonyl (C=O) groups excluding carboxylic acids is 2. The van der Waals surface area contributed by atoms with Crippen LogP contribution in [-0.2, 0) is 11.3 Å². The van der Waals surface area contributed by atoms with Crippen LogP contribution in [0.3, 0.4) is 0 Å². The fourth-order valence-corrected chi connectivity index (χ4v) is 1.28. The Labute approximate surface area is 112 Å². The smallest absolute Gasteiger partial charge is 0.351 e. The van der Waals surface area contributed by atoms with Gasteiger partial charge in [-0.2, -0.15) is 18.3 Å². The van der Waals surface area contributed by atoms with Gasteiger partial charge in [0.1, 0.15) is 12.2 Å². The van der Waals surface area contributed by atoms with Crippen molar-refractivity contribution in [2.45, 2.75) is 12.7 Å². The van der Waals surface area contributed by atoms with Crippen LogP contribution in [0.5, 0.6) is 0 Å². The summed E-state index contributed by atoms with van der Waals surface area (Å²) in [4.78, 5) is 22.3. The summed E-state index contributed by atoms with van der Waals surface area (Å²) in [6, 6.07) is 1.18. The number of rotatable bonds is 6. The summed E-state index contributed by atoms with van der Waals surface area (Å²) >= 11 is 0. The Balaban J connectivity index is 2.40. The van der Waals surface area contributed by atoms with E-state index in [2.05, 4.69) is 22.3 Å². The standard InChI is InChI=1S/C11H13F3N4O2/c1-2-9(19)15-4-5-16-10(20)8-3-6-18(17-8)7-11(12,13)14/h2-3,6H,1,4-5,7H2,(H,15,19)(H,16,20). The summed E-state index contributed by atoms with van der Waals surface area (Å²) in [5, 5.41) is 8.35. The van der Waals surface area contributed by atoms with Crippen molar-refractivity contribution in [1.82, 2.24) is 20.4 Å². The highest BCUT2D eigenvalue weighted by atomic mass is 19.4. The van der Waals surface area contributed by atoms with Gasteiger partial charge in [0, 0.05) is 19.3 Å². The Morgan fingerprint density at radius 2 is 2.00 bits per heavy atom. The minimum Gasteiger partial charge on any atom is -0.351 e. The van der Waals surface area contributed by atoms with E-state index >= 15 is 0 Å². The molecule has 0 spiro atoms. The second kappa shape index (κ2) is 6.73. The van der Waals surface area contributed by atoms with E-state index in [9.17, 15) is 22.8 Å². The maximum absolute atomic E-state index is 12.1. The van der Waals surface area contributed by atoms with Crippen molar-refractivity contribution in [2.24, 2.45) is 0 Å². The molecule has 1 rings (SSSR count). The maximum atomic E-state index is 12.1. The van der Waals surface area contributed by atoms with Gasteiger partial charge < -0.3 is 10.6 Å². The molecule has 0 aliphatic carbocycles. The van der Waals surface area contributed by atoms with Crippen molar-refractivity contribution in [3.63, 3.8) is 0 Å². The number of nitrogens with one attached hydrogen (secondary N) is 2. The fraction of sp³-hybridized carbons (Fsp3) is 0.364. The Kier molecular flexibility index (Phi) is 5.30. The van der Waals surface area contributed by atoms with Crippen molar-refractivity contribution in [1.29, 1.82) is 0 Å². The van der Waals surface area contributed by atoms with Crippen LogP contribution in [0.1, 0.15) is 10.5 Å². The van der Waals surface area contributed by atoms with Crippen molar-refractivity contribution in [2.75, 3.05) is 13.1 Å². The molecule has 0 atom stereocenters. The molecule has 2 amide bonds. The predicted octanol–water partition coefficient (Wildman–Crippen LogP) is 0.477. The second-order valence-electron chi connectivity index (χ2n) is 3.76. The Hall–Kier alpha value is -2.32. The molecule has 9 heteroatoms. The summed E-state index contributed by atoms with van der Waals surface area (Å²) < 4.78 is 36.9. The molecule has 110 valence electrons. The molecule has 0 aliphatic heterocycles. The average Bonchev–Trinajstić information content (AvgIpc) is 2.80. The van der Waals surface area contributed by atoms with E-state index in [0.717, 1.165) is 12.3 Å². The largest absolute Gasteiger partial charge is 0.408 e. The molecule has 2 N–H and O–H groups in total. The molecule has 20 heavy (non-hydrogen) atoms. The maximum Gasteiger partial charge on any atom is 0.408 e. The highest BCUT2D eigenvalue weighted by Gasteiger charge is 2.28. The minimum absolute atomic E-state index is 0.121. The Morgan fingerprint density at radius 1 is 1.35 bits per heavy atom. The first-order chi connectivity index (χ1) is 9.31. The summed E-state index contributed by atoms with van der Waals surface area (Å²) in [6.45, 7) is 2.31. The van der Waals surface area contributed by atoms with E-state index in [1.807, 2.05) is 0 Å². The second-order valence-corrected chi connectivity index (χ2v) is 3.76. The Bertz CT molecular complexity index is 496. The molecular weight excluding hydrogens is 277 g/mol. The molecule has 6 nitrogen and oxygen atoms in total. The molecule has 0 fully saturated rings. The highest BCUT2D eigenvalue weighted by Crippen LogP contribution is 2.16. The number of nitrogens with zero attached hydrogens (tertiary/aromatic N) is 2. The molecule has 1 aromatic rings. The van der Waals surface area contributed by atoms with Crippen molar-refractivity contribution >= 4 is 11.8 Å². The van der Waals surface area contributed by atoms with Gasteiger partial charge in [0.15, 0.2) is 0 Å². The van der Waals surface area contributed by atoms with Crippen LogP contribution in [0.4, 0.5) is 13.2 Å². The van der Waals surface area contributed by atoms with Crippen LogP contribution >= 0.6 is 0 Å². The number of alkyl halides is 3. The average molecular weight is 290 g/mol. The first-order valence-electron chi connectivity index (χ1n) is 5.60. The normalized spacial score (nSPS) is 10.9. The number of carbonyl (C=O) groups is 2. The van der Waals surface area contributed by atoms with E-state index in [-0.39, 0.29) is 24.7 Å². The molecule has 1 aromatic heterocycles. The van der Waals surface area contributed by atoms with E-state index in [4.69, 9.17) is 0 Å². The number of halogens is 3. The van der Waals surface area contributed by atoms with Crippen molar-refractivity contribution < 1.29 is 22.8 Å². The summed E-state index contributed by atoms with van der Waals surface area (Å²) in [5.74, 6) is -0.993. The lowest BCUT2D eigenvalue weighted by Crippen LogP contribution is -2.34. The molecule has 1 heterocycles. The highest BCUT2D eigenvalue weighted by molar-refractivity contribution is 5.92. The zero-order valence-corrected chi connectivity index (χ0v) is 10.4. The van der Waals surface area contributed by atoms with Gasteiger partial charge >= 0.3 is 6.18 Å². The molecule has 0 aromatic carbocycles. The number of amides is 2. The summed E-state index contributed by atoms with van der Waals surface area (Å²) in [7, 11) is 0. The van der Waals surface area contributed by atoms with Crippen LogP contribution in [-0.4, -0.2) is 40.9 Å². The number of hydrogen-bond donors (Lipinski definition) is 2. The zero-order chi connectivity index (χ0) is 15.2. The van der Waals surface area contributed by atoms with Crippen LogP contribution in [0.15, 0.2) is 24.9 Å². The fourth-order valence-electron chi connectivity index (χ4n) is 1.28. The molecule has 0 saturated carbocycles. The van der Waals surface area contributed by atoms with Gasteiger partial charge in [-0.05, 0) is 12.1 Å². The Morgan fingerprint density at radius 3 is 2.60 bits per heavy atom. The zero-order valence-electron chi connectivity index (χ0n) is 10.4. The minimum atomic E-state index is -4.39. The quantitative estimate of drug-likeness (QED) is 0.591.